The van der Waals surface area contributed by atoms with E-state index in [4.69, 9.17) is 0 Å². The minimum absolute atomic E-state index is 0.210. The van der Waals surface area contributed by atoms with Crippen molar-refractivity contribution < 1.29 is 4.79 Å². The van der Waals surface area contributed by atoms with Crippen LogP contribution in [-0.4, -0.2) is 38.0 Å². The summed E-state index contributed by atoms with van der Waals surface area (Å²) in [7, 11) is 3.75. The van der Waals surface area contributed by atoms with Crippen LogP contribution in [0.25, 0.3) is 0 Å². The van der Waals surface area contributed by atoms with E-state index in [1.165, 1.54) is 11.1 Å². The first-order valence-corrected chi connectivity index (χ1v) is 6.07. The van der Waals surface area contributed by atoms with Gasteiger partial charge in [0, 0.05) is 26.6 Å². The van der Waals surface area contributed by atoms with E-state index < -0.39 is 0 Å². The van der Waals surface area contributed by atoms with Gasteiger partial charge in [-0.25, -0.2) is 0 Å². The Bertz CT molecular complexity index is 363. The molecule has 0 atom stereocenters. The highest BCUT2D eigenvalue weighted by molar-refractivity contribution is 5.76. The molecule has 1 aromatic carbocycles. The van der Waals surface area contributed by atoms with E-state index in [0.717, 1.165) is 19.5 Å². The van der Waals surface area contributed by atoms with Crippen molar-refractivity contribution in [2.24, 2.45) is 0 Å². The zero-order valence-corrected chi connectivity index (χ0v) is 11.0. The number of benzene rings is 1. The van der Waals surface area contributed by atoms with Gasteiger partial charge in [-0.3, -0.25) is 4.79 Å². The third-order valence-electron chi connectivity index (χ3n) is 2.83. The van der Waals surface area contributed by atoms with E-state index in [2.05, 4.69) is 30.4 Å². The molecule has 0 aliphatic rings. The monoisotopic (exact) mass is 234 g/mol. The fourth-order valence-electron chi connectivity index (χ4n) is 1.71. The van der Waals surface area contributed by atoms with Crippen molar-refractivity contribution in [3.8, 4) is 0 Å². The molecule has 1 rings (SSSR count). The van der Waals surface area contributed by atoms with Crippen molar-refractivity contribution in [1.29, 1.82) is 0 Å². The molecule has 0 saturated heterocycles. The number of hydrogen-bond donors (Lipinski definition) is 1. The van der Waals surface area contributed by atoms with E-state index in [1.807, 2.05) is 20.2 Å². The Morgan fingerprint density at radius 1 is 1.41 bits per heavy atom. The highest BCUT2D eigenvalue weighted by atomic mass is 16.2. The standard InChI is InChI=1S/C14H22N2O/c1-12-5-4-6-13(11-12)7-8-14(17)16(3)10-9-15-2/h4-6,11,15H,7-10H2,1-3H3. The Kier molecular flexibility index (Phi) is 5.70. The first kappa shape index (κ1) is 13.7. The lowest BCUT2D eigenvalue weighted by atomic mass is 10.1. The SMILES string of the molecule is CNCCN(C)C(=O)CCc1cccc(C)c1. The van der Waals surface area contributed by atoms with Gasteiger partial charge in [0.25, 0.3) is 0 Å². The molecule has 0 spiro atoms. The summed E-state index contributed by atoms with van der Waals surface area (Å²) in [5.41, 5.74) is 2.49. The molecule has 0 bridgehead atoms. The zero-order valence-electron chi connectivity index (χ0n) is 11.0. The third-order valence-corrected chi connectivity index (χ3v) is 2.83. The maximum atomic E-state index is 11.8. The molecule has 0 saturated carbocycles. The molecule has 0 aliphatic carbocycles. The number of nitrogens with zero attached hydrogens (tertiary/aromatic N) is 1. The number of aryl methyl sites for hydroxylation is 2. The lowest BCUT2D eigenvalue weighted by Crippen LogP contribution is -2.32. The molecule has 3 nitrogen and oxygen atoms in total. The number of likely N-dealkylation sites (N-methyl/N-ethyl adjacent to an activating group) is 2. The fourth-order valence-corrected chi connectivity index (χ4v) is 1.71. The Hall–Kier alpha value is -1.35. The van der Waals surface area contributed by atoms with Crippen LogP contribution in [0.4, 0.5) is 0 Å². The fraction of sp³-hybridized carbons (Fsp3) is 0.500. The summed E-state index contributed by atoms with van der Waals surface area (Å²) in [5.74, 6) is 0.210. The van der Waals surface area contributed by atoms with E-state index in [9.17, 15) is 4.79 Å². The van der Waals surface area contributed by atoms with Crippen LogP contribution in [0.1, 0.15) is 17.5 Å². The van der Waals surface area contributed by atoms with Crippen LogP contribution in [0.3, 0.4) is 0 Å². The molecule has 1 aromatic rings. The number of amides is 1. The van der Waals surface area contributed by atoms with Gasteiger partial charge in [0.15, 0.2) is 0 Å². The van der Waals surface area contributed by atoms with Crippen molar-refractivity contribution >= 4 is 5.91 Å². The summed E-state index contributed by atoms with van der Waals surface area (Å²) in [6.45, 7) is 3.68. The summed E-state index contributed by atoms with van der Waals surface area (Å²) in [5, 5.41) is 3.04. The number of carbonyl (C=O) groups excluding carboxylic acids is 1. The second kappa shape index (κ2) is 7.07. The molecule has 0 heterocycles. The second-order valence-corrected chi connectivity index (χ2v) is 4.41. The smallest absolute Gasteiger partial charge is 0.222 e. The summed E-state index contributed by atoms with van der Waals surface area (Å²) in [6, 6.07) is 8.33. The molecule has 0 aliphatic heterocycles. The molecule has 1 N–H and O–H groups in total. The van der Waals surface area contributed by atoms with Crippen LogP contribution >= 0.6 is 0 Å². The topological polar surface area (TPSA) is 32.3 Å². The molecule has 3 heteroatoms. The quantitative estimate of drug-likeness (QED) is 0.811. The lowest BCUT2D eigenvalue weighted by Gasteiger charge is -2.16. The number of rotatable bonds is 6. The molecule has 0 fully saturated rings. The summed E-state index contributed by atoms with van der Waals surface area (Å²) in [4.78, 5) is 13.6. The average molecular weight is 234 g/mol. The maximum Gasteiger partial charge on any atom is 0.222 e. The first-order valence-electron chi connectivity index (χ1n) is 6.07. The number of hydrogen-bond acceptors (Lipinski definition) is 2. The van der Waals surface area contributed by atoms with Gasteiger partial charge < -0.3 is 10.2 Å². The zero-order chi connectivity index (χ0) is 12.7. The Balaban J connectivity index is 2.37. The van der Waals surface area contributed by atoms with Crippen molar-refractivity contribution in [2.75, 3.05) is 27.2 Å². The predicted molar refractivity (Wildman–Crippen MR) is 71.1 cm³/mol. The number of carbonyl (C=O) groups is 1. The maximum absolute atomic E-state index is 11.8. The largest absolute Gasteiger partial charge is 0.344 e. The summed E-state index contributed by atoms with van der Waals surface area (Å²) in [6.07, 6.45) is 1.41. The molecular weight excluding hydrogens is 212 g/mol. The Labute approximate surface area is 104 Å². The van der Waals surface area contributed by atoms with Crippen LogP contribution in [0.2, 0.25) is 0 Å². The molecule has 0 radical (unpaired) electrons. The van der Waals surface area contributed by atoms with Crippen LogP contribution in [0.5, 0.6) is 0 Å². The van der Waals surface area contributed by atoms with E-state index in [0.29, 0.717) is 6.42 Å². The molecular formula is C14H22N2O. The summed E-state index contributed by atoms with van der Waals surface area (Å²) >= 11 is 0. The molecule has 0 aromatic heterocycles. The highest BCUT2D eigenvalue weighted by Crippen LogP contribution is 2.07. The summed E-state index contributed by atoms with van der Waals surface area (Å²) < 4.78 is 0. The van der Waals surface area contributed by atoms with Gasteiger partial charge in [-0.15, -0.1) is 0 Å². The minimum Gasteiger partial charge on any atom is -0.344 e. The molecule has 1 amide bonds. The van der Waals surface area contributed by atoms with Crippen molar-refractivity contribution in [3.63, 3.8) is 0 Å². The van der Waals surface area contributed by atoms with E-state index >= 15 is 0 Å². The van der Waals surface area contributed by atoms with Gasteiger partial charge in [-0.2, -0.15) is 0 Å². The van der Waals surface area contributed by atoms with Gasteiger partial charge in [0.1, 0.15) is 0 Å². The normalized spacial score (nSPS) is 10.3. The second-order valence-electron chi connectivity index (χ2n) is 4.41. The molecule has 94 valence electrons. The minimum atomic E-state index is 0.210. The first-order chi connectivity index (χ1) is 8.13. The highest BCUT2D eigenvalue weighted by Gasteiger charge is 2.07. The molecule has 17 heavy (non-hydrogen) atoms. The Morgan fingerprint density at radius 2 is 2.18 bits per heavy atom. The van der Waals surface area contributed by atoms with Crippen LogP contribution in [0, 0.1) is 6.92 Å². The molecule has 0 unspecified atom stereocenters. The van der Waals surface area contributed by atoms with Gasteiger partial charge in [0.2, 0.25) is 5.91 Å². The van der Waals surface area contributed by atoms with E-state index in [-0.39, 0.29) is 5.91 Å². The van der Waals surface area contributed by atoms with Crippen molar-refractivity contribution in [2.45, 2.75) is 19.8 Å². The van der Waals surface area contributed by atoms with Crippen LogP contribution < -0.4 is 5.32 Å². The lowest BCUT2D eigenvalue weighted by molar-refractivity contribution is -0.129. The van der Waals surface area contributed by atoms with Gasteiger partial charge >= 0.3 is 0 Å². The van der Waals surface area contributed by atoms with E-state index in [1.54, 1.807) is 4.90 Å². The van der Waals surface area contributed by atoms with Gasteiger partial charge in [0.05, 0.1) is 0 Å². The third kappa shape index (κ3) is 5.00. The van der Waals surface area contributed by atoms with Crippen molar-refractivity contribution in [3.05, 3.63) is 35.4 Å². The van der Waals surface area contributed by atoms with Crippen LogP contribution in [0.15, 0.2) is 24.3 Å². The predicted octanol–water partition coefficient (Wildman–Crippen LogP) is 1.61. The van der Waals surface area contributed by atoms with Crippen LogP contribution in [-0.2, 0) is 11.2 Å². The van der Waals surface area contributed by atoms with Crippen molar-refractivity contribution in [1.82, 2.24) is 10.2 Å². The Morgan fingerprint density at radius 3 is 2.82 bits per heavy atom. The van der Waals surface area contributed by atoms with Gasteiger partial charge in [-0.05, 0) is 26.0 Å². The average Bonchev–Trinajstić information content (AvgIpc) is 2.33. The number of nitrogens with one attached hydrogen (secondary N) is 1. The van der Waals surface area contributed by atoms with Gasteiger partial charge in [-0.1, -0.05) is 29.8 Å².